The molecular formula is C16H34N4O2S. The van der Waals surface area contributed by atoms with Gasteiger partial charge in [-0.15, -0.1) is 0 Å². The molecule has 0 aromatic rings. The quantitative estimate of drug-likeness (QED) is 0.393. The van der Waals surface area contributed by atoms with Crippen molar-refractivity contribution in [2.45, 2.75) is 65.3 Å². The molecule has 0 aromatic heterocycles. The van der Waals surface area contributed by atoms with Crippen molar-refractivity contribution in [1.82, 2.24) is 10.0 Å². The van der Waals surface area contributed by atoms with Crippen LogP contribution < -0.4 is 15.8 Å². The molecule has 1 unspecified atom stereocenters. The lowest BCUT2D eigenvalue weighted by molar-refractivity contribution is 0.316. The summed E-state index contributed by atoms with van der Waals surface area (Å²) in [4.78, 5) is 4.12. The molecule has 1 aliphatic rings. The standard InChI is InChI=1S/C16H34N4O2S/c1-13(2)6-4-7-14(3)20-16(17)18-10-11-23(21,22)19-12-15-8-5-9-15/h13-15,19H,4-12H2,1-3H3,(H3,17,18,20). The summed E-state index contributed by atoms with van der Waals surface area (Å²) < 4.78 is 26.3. The first-order valence-corrected chi connectivity index (χ1v) is 10.5. The second kappa shape index (κ2) is 10.1. The number of sulfonamides is 1. The van der Waals surface area contributed by atoms with E-state index in [9.17, 15) is 8.42 Å². The fraction of sp³-hybridized carbons (Fsp3) is 0.938. The third kappa shape index (κ3) is 9.81. The van der Waals surface area contributed by atoms with Gasteiger partial charge in [-0.05, 0) is 38.0 Å². The first-order valence-electron chi connectivity index (χ1n) is 8.82. The van der Waals surface area contributed by atoms with Crippen LogP contribution in [0.15, 0.2) is 4.99 Å². The maximum Gasteiger partial charge on any atom is 0.213 e. The van der Waals surface area contributed by atoms with Crippen LogP contribution in [0.4, 0.5) is 0 Å². The van der Waals surface area contributed by atoms with Gasteiger partial charge in [0.15, 0.2) is 5.96 Å². The summed E-state index contributed by atoms with van der Waals surface area (Å²) in [5.41, 5.74) is 5.81. The first-order chi connectivity index (χ1) is 10.8. The molecule has 7 heteroatoms. The lowest BCUT2D eigenvalue weighted by atomic mass is 9.86. The van der Waals surface area contributed by atoms with Crippen LogP contribution in [0.25, 0.3) is 0 Å². The van der Waals surface area contributed by atoms with Gasteiger partial charge in [0.05, 0.1) is 12.3 Å². The van der Waals surface area contributed by atoms with Crippen LogP contribution in [0.5, 0.6) is 0 Å². The molecule has 1 fully saturated rings. The van der Waals surface area contributed by atoms with E-state index in [0.717, 1.165) is 25.7 Å². The highest BCUT2D eigenvalue weighted by molar-refractivity contribution is 7.89. The van der Waals surface area contributed by atoms with E-state index in [1.54, 1.807) is 0 Å². The summed E-state index contributed by atoms with van der Waals surface area (Å²) in [6, 6.07) is 0.255. The normalized spacial score (nSPS) is 18.0. The van der Waals surface area contributed by atoms with Crippen LogP contribution in [0, 0.1) is 11.8 Å². The number of hydrogen-bond donors (Lipinski definition) is 3. The minimum absolute atomic E-state index is 0.0101. The molecule has 136 valence electrons. The molecule has 0 spiro atoms. The zero-order valence-corrected chi connectivity index (χ0v) is 15.7. The van der Waals surface area contributed by atoms with Crippen LogP contribution >= 0.6 is 0 Å². The molecule has 6 nitrogen and oxygen atoms in total. The predicted molar refractivity (Wildman–Crippen MR) is 96.9 cm³/mol. The van der Waals surface area contributed by atoms with Gasteiger partial charge in [0.2, 0.25) is 10.0 Å². The van der Waals surface area contributed by atoms with Crippen molar-refractivity contribution in [1.29, 1.82) is 0 Å². The number of guanidine groups is 1. The Morgan fingerprint density at radius 1 is 1.26 bits per heavy atom. The minimum atomic E-state index is -3.24. The van der Waals surface area contributed by atoms with Crippen molar-refractivity contribution in [3.63, 3.8) is 0 Å². The number of aliphatic imine (C=N–C) groups is 1. The summed E-state index contributed by atoms with van der Waals surface area (Å²) >= 11 is 0. The Kier molecular flexibility index (Phi) is 8.91. The number of hydrogen-bond acceptors (Lipinski definition) is 3. The third-order valence-corrected chi connectivity index (χ3v) is 5.60. The lowest BCUT2D eigenvalue weighted by Crippen LogP contribution is -2.39. The van der Waals surface area contributed by atoms with Crippen molar-refractivity contribution < 1.29 is 8.42 Å². The van der Waals surface area contributed by atoms with Crippen molar-refractivity contribution in [2.24, 2.45) is 22.6 Å². The molecule has 0 heterocycles. The smallest absolute Gasteiger partial charge is 0.213 e. The molecule has 1 rings (SSSR count). The Balaban J connectivity index is 2.18. The number of rotatable bonds is 11. The topological polar surface area (TPSA) is 96.6 Å². The Morgan fingerprint density at radius 3 is 2.52 bits per heavy atom. The highest BCUT2D eigenvalue weighted by Gasteiger charge is 2.19. The molecule has 1 atom stereocenters. The van der Waals surface area contributed by atoms with Crippen molar-refractivity contribution in [3.8, 4) is 0 Å². The summed E-state index contributed by atoms with van der Waals surface area (Å²) in [6.45, 7) is 7.25. The predicted octanol–water partition coefficient (Wildman–Crippen LogP) is 1.83. The van der Waals surface area contributed by atoms with Crippen LogP contribution in [0.1, 0.15) is 59.3 Å². The monoisotopic (exact) mass is 346 g/mol. The maximum atomic E-state index is 11.8. The van der Waals surface area contributed by atoms with E-state index in [-0.39, 0.29) is 18.3 Å². The SMILES string of the molecule is CC(C)CCCC(C)NC(N)=NCCS(=O)(=O)NCC1CCC1. The van der Waals surface area contributed by atoms with Crippen molar-refractivity contribution in [2.75, 3.05) is 18.8 Å². The van der Waals surface area contributed by atoms with Gasteiger partial charge in [-0.3, -0.25) is 4.99 Å². The molecule has 23 heavy (non-hydrogen) atoms. The molecule has 0 amide bonds. The Morgan fingerprint density at radius 2 is 1.96 bits per heavy atom. The Labute approximate surface area is 141 Å². The second-order valence-corrected chi connectivity index (χ2v) is 9.03. The Hall–Kier alpha value is -0.820. The molecule has 0 saturated heterocycles. The van der Waals surface area contributed by atoms with Gasteiger partial charge in [0.1, 0.15) is 0 Å². The zero-order valence-electron chi connectivity index (χ0n) is 14.8. The van der Waals surface area contributed by atoms with Crippen molar-refractivity contribution >= 4 is 16.0 Å². The van der Waals surface area contributed by atoms with Gasteiger partial charge in [-0.2, -0.15) is 0 Å². The van der Waals surface area contributed by atoms with Gasteiger partial charge in [0, 0.05) is 12.6 Å². The average Bonchev–Trinajstić information content (AvgIpc) is 2.35. The zero-order chi connectivity index (χ0) is 17.3. The van der Waals surface area contributed by atoms with Gasteiger partial charge >= 0.3 is 0 Å². The van der Waals surface area contributed by atoms with Crippen LogP contribution in [0.3, 0.4) is 0 Å². The highest BCUT2D eigenvalue weighted by Crippen LogP contribution is 2.25. The first kappa shape index (κ1) is 20.2. The number of nitrogens with two attached hydrogens (primary N) is 1. The molecule has 1 saturated carbocycles. The fourth-order valence-electron chi connectivity index (χ4n) is 2.50. The Bertz CT molecular complexity index is 459. The largest absolute Gasteiger partial charge is 0.370 e. The molecule has 0 radical (unpaired) electrons. The summed E-state index contributed by atoms with van der Waals surface area (Å²) in [5, 5.41) is 3.12. The molecular weight excluding hydrogens is 312 g/mol. The lowest BCUT2D eigenvalue weighted by Gasteiger charge is -2.25. The van der Waals surface area contributed by atoms with E-state index in [0.29, 0.717) is 24.3 Å². The molecule has 0 aromatic carbocycles. The molecule has 1 aliphatic carbocycles. The van der Waals surface area contributed by atoms with E-state index in [1.165, 1.54) is 12.8 Å². The van der Waals surface area contributed by atoms with Gasteiger partial charge in [-0.25, -0.2) is 13.1 Å². The second-order valence-electron chi connectivity index (χ2n) is 7.10. The third-order valence-electron chi connectivity index (χ3n) is 4.27. The summed E-state index contributed by atoms with van der Waals surface area (Å²) in [6.07, 6.45) is 6.87. The summed E-state index contributed by atoms with van der Waals surface area (Å²) in [7, 11) is -3.24. The van der Waals surface area contributed by atoms with Crippen LogP contribution in [-0.2, 0) is 10.0 Å². The van der Waals surface area contributed by atoms with Crippen LogP contribution in [0.2, 0.25) is 0 Å². The van der Waals surface area contributed by atoms with E-state index in [2.05, 4.69) is 35.8 Å². The molecule has 4 N–H and O–H groups in total. The number of nitrogens with one attached hydrogen (secondary N) is 2. The van der Waals surface area contributed by atoms with Crippen molar-refractivity contribution in [3.05, 3.63) is 0 Å². The fourth-order valence-corrected chi connectivity index (χ4v) is 3.47. The average molecular weight is 347 g/mol. The molecule has 0 aliphatic heterocycles. The van der Waals surface area contributed by atoms with E-state index >= 15 is 0 Å². The number of nitrogens with zero attached hydrogens (tertiary/aromatic N) is 1. The summed E-state index contributed by atoms with van der Waals surface area (Å²) in [5.74, 6) is 1.55. The van der Waals surface area contributed by atoms with E-state index in [4.69, 9.17) is 5.73 Å². The van der Waals surface area contributed by atoms with Gasteiger partial charge < -0.3 is 11.1 Å². The molecule has 0 bridgehead atoms. The highest BCUT2D eigenvalue weighted by atomic mass is 32.2. The van der Waals surface area contributed by atoms with Gasteiger partial charge in [-0.1, -0.05) is 33.1 Å². The van der Waals surface area contributed by atoms with E-state index < -0.39 is 10.0 Å². The maximum absolute atomic E-state index is 11.8. The van der Waals surface area contributed by atoms with Crippen LogP contribution in [-0.4, -0.2) is 39.3 Å². The van der Waals surface area contributed by atoms with E-state index in [1.807, 2.05) is 0 Å². The van der Waals surface area contributed by atoms with Gasteiger partial charge in [0.25, 0.3) is 0 Å². The minimum Gasteiger partial charge on any atom is -0.370 e.